The highest BCUT2D eigenvalue weighted by atomic mass is 32.2. The summed E-state index contributed by atoms with van der Waals surface area (Å²) in [6.45, 7) is 5.83. The molecule has 1 aromatic carbocycles. The van der Waals surface area contributed by atoms with Gasteiger partial charge in [0.05, 0.1) is 17.4 Å². The van der Waals surface area contributed by atoms with Gasteiger partial charge in [0.2, 0.25) is 10.0 Å². The fraction of sp³-hybridized carbons (Fsp3) is 0.533. The molecule has 1 aliphatic rings. The number of rotatable bonds is 5. The van der Waals surface area contributed by atoms with Crippen molar-refractivity contribution in [1.82, 2.24) is 9.21 Å². The molecule has 0 radical (unpaired) electrons. The van der Waals surface area contributed by atoms with E-state index in [9.17, 15) is 8.42 Å². The Hall–Kier alpha value is -1.42. The fourth-order valence-electron chi connectivity index (χ4n) is 2.53. The normalized spacial score (nSPS) is 17.5. The van der Waals surface area contributed by atoms with Gasteiger partial charge in [-0.2, -0.15) is 9.57 Å². The van der Waals surface area contributed by atoms with Crippen molar-refractivity contribution in [1.29, 1.82) is 5.26 Å². The Morgan fingerprint density at radius 1 is 1.14 bits per heavy atom. The number of nitriles is 1. The highest BCUT2D eigenvalue weighted by Crippen LogP contribution is 2.18. The molecule has 1 aromatic rings. The van der Waals surface area contributed by atoms with Gasteiger partial charge in [0, 0.05) is 26.2 Å². The Morgan fingerprint density at radius 3 is 2.29 bits per heavy atom. The first-order chi connectivity index (χ1) is 10.1. The highest BCUT2D eigenvalue weighted by Gasteiger charge is 2.27. The lowest BCUT2D eigenvalue weighted by molar-refractivity contribution is 0.188. The van der Waals surface area contributed by atoms with Crippen molar-refractivity contribution < 1.29 is 8.42 Å². The van der Waals surface area contributed by atoms with E-state index in [-0.39, 0.29) is 0 Å². The molecule has 0 spiro atoms. The number of hydrogen-bond donors (Lipinski definition) is 0. The number of piperazine rings is 1. The molecule has 0 saturated carbocycles. The van der Waals surface area contributed by atoms with Crippen molar-refractivity contribution in [2.24, 2.45) is 0 Å². The lowest BCUT2D eigenvalue weighted by Gasteiger charge is -2.33. The Labute approximate surface area is 126 Å². The van der Waals surface area contributed by atoms with Crippen molar-refractivity contribution in [3.8, 4) is 6.07 Å². The third-order valence-corrected chi connectivity index (χ3v) is 5.63. The molecule has 0 aromatic heterocycles. The third-order valence-electron chi connectivity index (χ3n) is 3.72. The molecule has 5 nitrogen and oxygen atoms in total. The van der Waals surface area contributed by atoms with Crippen LogP contribution in [0.3, 0.4) is 0 Å². The average Bonchev–Trinajstić information content (AvgIpc) is 2.49. The maximum atomic E-state index is 12.6. The van der Waals surface area contributed by atoms with Crippen LogP contribution in [0.15, 0.2) is 29.2 Å². The quantitative estimate of drug-likeness (QED) is 0.826. The van der Waals surface area contributed by atoms with E-state index in [4.69, 9.17) is 5.26 Å². The van der Waals surface area contributed by atoms with Crippen LogP contribution in [0.1, 0.15) is 18.9 Å². The Bertz CT molecular complexity index is 597. The summed E-state index contributed by atoms with van der Waals surface area (Å²) < 4.78 is 26.7. The van der Waals surface area contributed by atoms with Crippen LogP contribution in [0, 0.1) is 11.3 Å². The first kappa shape index (κ1) is 16.0. The summed E-state index contributed by atoms with van der Waals surface area (Å²) in [5, 5.41) is 8.64. The van der Waals surface area contributed by atoms with Gasteiger partial charge in [-0.05, 0) is 30.7 Å². The molecule has 1 saturated heterocycles. The van der Waals surface area contributed by atoms with Crippen LogP contribution in [-0.4, -0.2) is 50.3 Å². The standard InChI is InChI=1S/C15H21N3O2S/c1-2-9-17-10-12-18(13-11-17)21(19,20)15-5-3-14(4-6-15)7-8-16/h3-6H,2,7,9-13H2,1H3. The fourth-order valence-corrected chi connectivity index (χ4v) is 3.95. The Kier molecular flexibility index (Phi) is 5.34. The van der Waals surface area contributed by atoms with Crippen LogP contribution in [-0.2, 0) is 16.4 Å². The largest absolute Gasteiger partial charge is 0.301 e. The molecule has 0 amide bonds. The van der Waals surface area contributed by atoms with Gasteiger partial charge < -0.3 is 4.90 Å². The van der Waals surface area contributed by atoms with E-state index in [1.165, 1.54) is 0 Å². The van der Waals surface area contributed by atoms with Crippen LogP contribution in [0.4, 0.5) is 0 Å². The zero-order chi connectivity index (χ0) is 15.3. The first-order valence-electron chi connectivity index (χ1n) is 7.26. The van der Waals surface area contributed by atoms with E-state index in [1.807, 2.05) is 0 Å². The summed E-state index contributed by atoms with van der Waals surface area (Å²) in [7, 11) is -3.41. The predicted molar refractivity (Wildman–Crippen MR) is 81.2 cm³/mol. The summed E-state index contributed by atoms with van der Waals surface area (Å²) in [6, 6.07) is 8.68. The van der Waals surface area contributed by atoms with E-state index >= 15 is 0 Å². The van der Waals surface area contributed by atoms with Gasteiger partial charge in [-0.3, -0.25) is 0 Å². The molecule has 0 bridgehead atoms. The molecule has 1 heterocycles. The molecule has 0 unspecified atom stereocenters. The topological polar surface area (TPSA) is 64.4 Å². The second kappa shape index (κ2) is 7.03. The maximum absolute atomic E-state index is 12.6. The van der Waals surface area contributed by atoms with Crippen LogP contribution in [0.2, 0.25) is 0 Å². The minimum atomic E-state index is -3.41. The summed E-state index contributed by atoms with van der Waals surface area (Å²) in [6.07, 6.45) is 1.39. The molecule has 0 aliphatic carbocycles. The van der Waals surface area contributed by atoms with E-state index in [1.54, 1.807) is 28.6 Å². The van der Waals surface area contributed by atoms with Gasteiger partial charge in [0.25, 0.3) is 0 Å². The van der Waals surface area contributed by atoms with Crippen LogP contribution in [0.5, 0.6) is 0 Å². The molecule has 2 rings (SSSR count). The lowest BCUT2D eigenvalue weighted by Crippen LogP contribution is -2.48. The van der Waals surface area contributed by atoms with Gasteiger partial charge in [-0.1, -0.05) is 19.1 Å². The van der Waals surface area contributed by atoms with E-state index in [2.05, 4.69) is 17.9 Å². The van der Waals surface area contributed by atoms with Gasteiger partial charge >= 0.3 is 0 Å². The molecular formula is C15H21N3O2S. The number of sulfonamides is 1. The molecule has 0 N–H and O–H groups in total. The molecular weight excluding hydrogens is 286 g/mol. The molecule has 114 valence electrons. The van der Waals surface area contributed by atoms with Crippen molar-refractivity contribution in [2.75, 3.05) is 32.7 Å². The van der Waals surface area contributed by atoms with Crippen LogP contribution >= 0.6 is 0 Å². The molecule has 1 fully saturated rings. The smallest absolute Gasteiger partial charge is 0.243 e. The van der Waals surface area contributed by atoms with E-state index in [0.717, 1.165) is 31.6 Å². The van der Waals surface area contributed by atoms with Gasteiger partial charge in [-0.25, -0.2) is 8.42 Å². The number of benzene rings is 1. The number of nitrogens with zero attached hydrogens (tertiary/aromatic N) is 3. The highest BCUT2D eigenvalue weighted by molar-refractivity contribution is 7.89. The van der Waals surface area contributed by atoms with E-state index in [0.29, 0.717) is 24.4 Å². The van der Waals surface area contributed by atoms with Gasteiger partial charge in [0.15, 0.2) is 0 Å². The molecule has 1 aliphatic heterocycles. The Morgan fingerprint density at radius 2 is 1.76 bits per heavy atom. The van der Waals surface area contributed by atoms with Crippen LogP contribution in [0.25, 0.3) is 0 Å². The first-order valence-corrected chi connectivity index (χ1v) is 8.70. The lowest BCUT2D eigenvalue weighted by atomic mass is 10.2. The van der Waals surface area contributed by atoms with E-state index < -0.39 is 10.0 Å². The third kappa shape index (κ3) is 3.82. The molecule has 21 heavy (non-hydrogen) atoms. The second-order valence-corrected chi connectivity index (χ2v) is 7.16. The zero-order valence-electron chi connectivity index (χ0n) is 12.3. The zero-order valence-corrected chi connectivity index (χ0v) is 13.1. The molecule has 6 heteroatoms. The Balaban J connectivity index is 2.07. The maximum Gasteiger partial charge on any atom is 0.243 e. The number of hydrogen-bond acceptors (Lipinski definition) is 4. The second-order valence-electron chi connectivity index (χ2n) is 5.22. The average molecular weight is 307 g/mol. The van der Waals surface area contributed by atoms with Gasteiger partial charge in [-0.15, -0.1) is 0 Å². The minimum absolute atomic E-state index is 0.302. The summed E-state index contributed by atoms with van der Waals surface area (Å²) >= 11 is 0. The summed E-state index contributed by atoms with van der Waals surface area (Å²) in [5.41, 5.74) is 0.837. The monoisotopic (exact) mass is 307 g/mol. The minimum Gasteiger partial charge on any atom is -0.301 e. The molecule has 0 atom stereocenters. The van der Waals surface area contributed by atoms with Crippen molar-refractivity contribution in [2.45, 2.75) is 24.7 Å². The summed E-state index contributed by atoms with van der Waals surface area (Å²) in [5.74, 6) is 0. The van der Waals surface area contributed by atoms with Crippen molar-refractivity contribution in [3.63, 3.8) is 0 Å². The summed E-state index contributed by atoms with van der Waals surface area (Å²) in [4.78, 5) is 2.61. The van der Waals surface area contributed by atoms with Gasteiger partial charge in [0.1, 0.15) is 0 Å². The SMILES string of the molecule is CCCN1CCN(S(=O)(=O)c2ccc(CC#N)cc2)CC1. The van der Waals surface area contributed by atoms with Crippen LogP contribution < -0.4 is 0 Å². The van der Waals surface area contributed by atoms with Crippen molar-refractivity contribution in [3.05, 3.63) is 29.8 Å². The predicted octanol–water partition coefficient (Wildman–Crippen LogP) is 1.47. The van der Waals surface area contributed by atoms with Crippen molar-refractivity contribution >= 4 is 10.0 Å².